The number of phenols is 1. The van der Waals surface area contributed by atoms with Crippen LogP contribution in [0.1, 0.15) is 11.1 Å². The molecule has 0 bridgehead atoms. The Morgan fingerprint density at radius 1 is 1.16 bits per heavy atom. The second kappa shape index (κ2) is 5.25. The fourth-order valence-electron chi connectivity index (χ4n) is 2.65. The molecule has 1 aliphatic rings. The minimum atomic E-state index is 0.367. The van der Waals surface area contributed by atoms with Crippen LogP contribution in [0.4, 0.5) is 5.69 Å². The van der Waals surface area contributed by atoms with Crippen molar-refractivity contribution in [2.45, 2.75) is 12.8 Å². The Hall–Kier alpha value is -1.48. The van der Waals surface area contributed by atoms with E-state index >= 15 is 0 Å². The Morgan fingerprint density at radius 2 is 2.00 bits per heavy atom. The zero-order chi connectivity index (χ0) is 13.2. The van der Waals surface area contributed by atoms with Gasteiger partial charge in [-0.2, -0.15) is 0 Å². The number of hydrogen-bond acceptors (Lipinski definition) is 2. The van der Waals surface area contributed by atoms with Crippen LogP contribution in [0.25, 0.3) is 0 Å². The van der Waals surface area contributed by atoms with Crippen LogP contribution in [-0.2, 0) is 12.8 Å². The summed E-state index contributed by atoms with van der Waals surface area (Å²) in [5.41, 5.74) is 3.87. The smallest absolute Gasteiger partial charge is 0.116 e. The fourth-order valence-corrected chi connectivity index (χ4v) is 3.13. The van der Waals surface area contributed by atoms with E-state index in [0.717, 1.165) is 25.9 Å². The van der Waals surface area contributed by atoms with Crippen molar-refractivity contribution in [1.29, 1.82) is 0 Å². The summed E-state index contributed by atoms with van der Waals surface area (Å²) in [7, 11) is 0. The highest BCUT2D eigenvalue weighted by molar-refractivity contribution is 9.10. The lowest BCUT2D eigenvalue weighted by Gasteiger charge is -2.19. The van der Waals surface area contributed by atoms with E-state index in [1.807, 2.05) is 18.2 Å². The zero-order valence-electron chi connectivity index (χ0n) is 10.6. The van der Waals surface area contributed by atoms with Crippen LogP contribution in [0, 0.1) is 0 Å². The minimum absolute atomic E-state index is 0.367. The molecule has 0 atom stereocenters. The molecule has 0 spiro atoms. The summed E-state index contributed by atoms with van der Waals surface area (Å²) < 4.78 is 1.18. The topological polar surface area (TPSA) is 23.5 Å². The lowest BCUT2D eigenvalue weighted by molar-refractivity contribution is 0.475. The molecule has 0 saturated carbocycles. The third kappa shape index (κ3) is 2.61. The molecular weight excluding hydrogens is 302 g/mol. The van der Waals surface area contributed by atoms with Crippen molar-refractivity contribution in [2.75, 3.05) is 18.0 Å². The van der Waals surface area contributed by atoms with Crippen molar-refractivity contribution in [2.24, 2.45) is 0 Å². The first-order chi connectivity index (χ1) is 9.24. The van der Waals surface area contributed by atoms with Gasteiger partial charge in [-0.3, -0.25) is 0 Å². The molecule has 0 amide bonds. The van der Waals surface area contributed by atoms with Crippen LogP contribution >= 0.6 is 15.9 Å². The van der Waals surface area contributed by atoms with Gasteiger partial charge in [0.25, 0.3) is 0 Å². The van der Waals surface area contributed by atoms with Crippen LogP contribution in [0.2, 0.25) is 0 Å². The van der Waals surface area contributed by atoms with Crippen LogP contribution in [0.3, 0.4) is 0 Å². The van der Waals surface area contributed by atoms with Gasteiger partial charge in [-0.25, -0.2) is 0 Å². The van der Waals surface area contributed by atoms with E-state index in [9.17, 15) is 5.11 Å². The quantitative estimate of drug-likeness (QED) is 0.931. The van der Waals surface area contributed by atoms with Crippen molar-refractivity contribution in [1.82, 2.24) is 0 Å². The number of fused-ring (bicyclic) bond motifs is 1. The largest absolute Gasteiger partial charge is 0.508 e. The number of anilines is 1. The van der Waals surface area contributed by atoms with Gasteiger partial charge in [0.15, 0.2) is 0 Å². The summed E-state index contributed by atoms with van der Waals surface area (Å²) in [6.07, 6.45) is 2.06. The Balaban J connectivity index is 1.72. The molecule has 1 heterocycles. The lowest BCUT2D eigenvalue weighted by Crippen LogP contribution is -2.23. The van der Waals surface area contributed by atoms with Crippen LogP contribution in [0.15, 0.2) is 46.9 Å². The van der Waals surface area contributed by atoms with E-state index in [-0.39, 0.29) is 0 Å². The Labute approximate surface area is 121 Å². The van der Waals surface area contributed by atoms with Gasteiger partial charge >= 0.3 is 0 Å². The van der Waals surface area contributed by atoms with Gasteiger partial charge < -0.3 is 10.0 Å². The maximum atomic E-state index is 9.50. The summed E-state index contributed by atoms with van der Waals surface area (Å²) in [4.78, 5) is 2.40. The summed E-state index contributed by atoms with van der Waals surface area (Å²) in [6, 6.07) is 14.1. The number of halogens is 1. The average Bonchev–Trinajstić information content (AvgIpc) is 2.80. The average molecular weight is 318 g/mol. The molecule has 19 heavy (non-hydrogen) atoms. The standard InChI is InChI=1S/C16H16BrNO/c17-15-4-2-1-3-12(15)7-9-18-10-8-13-11-14(19)5-6-16(13)18/h1-6,11,19H,7-10H2. The van der Waals surface area contributed by atoms with Gasteiger partial charge in [0.05, 0.1) is 0 Å². The van der Waals surface area contributed by atoms with E-state index in [1.54, 1.807) is 6.07 Å². The zero-order valence-corrected chi connectivity index (χ0v) is 12.2. The summed E-state index contributed by atoms with van der Waals surface area (Å²) in [5, 5.41) is 9.50. The van der Waals surface area contributed by atoms with Gasteiger partial charge in [0.2, 0.25) is 0 Å². The van der Waals surface area contributed by atoms with Crippen molar-refractivity contribution in [3.05, 3.63) is 58.1 Å². The maximum Gasteiger partial charge on any atom is 0.116 e. The molecule has 98 valence electrons. The van der Waals surface area contributed by atoms with Gasteiger partial charge in [0, 0.05) is 23.2 Å². The van der Waals surface area contributed by atoms with Gasteiger partial charge in [-0.1, -0.05) is 34.1 Å². The molecule has 0 radical (unpaired) electrons. The van der Waals surface area contributed by atoms with Crippen molar-refractivity contribution < 1.29 is 5.11 Å². The molecule has 1 N–H and O–H groups in total. The summed E-state index contributed by atoms with van der Waals surface area (Å²) in [6.45, 7) is 2.06. The molecule has 0 fully saturated rings. The highest BCUT2D eigenvalue weighted by Crippen LogP contribution is 2.31. The highest BCUT2D eigenvalue weighted by Gasteiger charge is 2.19. The third-order valence-electron chi connectivity index (χ3n) is 3.66. The van der Waals surface area contributed by atoms with E-state index in [4.69, 9.17) is 0 Å². The lowest BCUT2D eigenvalue weighted by atomic mass is 10.1. The Morgan fingerprint density at radius 3 is 2.84 bits per heavy atom. The number of aromatic hydroxyl groups is 1. The molecule has 0 aliphatic carbocycles. The molecular formula is C16H16BrNO. The molecule has 3 heteroatoms. The number of hydrogen-bond donors (Lipinski definition) is 1. The van der Waals surface area contributed by atoms with Gasteiger partial charge in [-0.15, -0.1) is 0 Å². The maximum absolute atomic E-state index is 9.50. The molecule has 3 rings (SSSR count). The molecule has 0 unspecified atom stereocenters. The van der Waals surface area contributed by atoms with E-state index in [2.05, 4.69) is 39.0 Å². The SMILES string of the molecule is Oc1ccc2c(c1)CCN2CCc1ccccc1Br. The first kappa shape index (κ1) is 12.5. The van der Waals surface area contributed by atoms with E-state index < -0.39 is 0 Å². The predicted octanol–water partition coefficient (Wildman–Crippen LogP) is 3.76. The molecule has 0 aromatic heterocycles. The number of nitrogens with zero attached hydrogens (tertiary/aromatic N) is 1. The fraction of sp³-hybridized carbons (Fsp3) is 0.250. The molecule has 2 aromatic rings. The molecule has 2 nitrogen and oxygen atoms in total. The second-order valence-corrected chi connectivity index (χ2v) is 5.75. The van der Waals surface area contributed by atoms with E-state index in [0.29, 0.717) is 5.75 Å². The first-order valence-corrected chi connectivity index (χ1v) is 7.33. The highest BCUT2D eigenvalue weighted by atomic mass is 79.9. The number of rotatable bonds is 3. The van der Waals surface area contributed by atoms with Gasteiger partial charge in [-0.05, 0) is 48.2 Å². The van der Waals surface area contributed by atoms with Gasteiger partial charge in [0.1, 0.15) is 5.75 Å². The summed E-state index contributed by atoms with van der Waals surface area (Å²) in [5.74, 6) is 0.367. The molecule has 1 aliphatic heterocycles. The number of benzene rings is 2. The molecule has 0 saturated heterocycles. The Kier molecular flexibility index (Phi) is 3.47. The van der Waals surface area contributed by atoms with Crippen molar-refractivity contribution in [3.8, 4) is 5.75 Å². The predicted molar refractivity (Wildman–Crippen MR) is 81.9 cm³/mol. The van der Waals surface area contributed by atoms with Crippen molar-refractivity contribution in [3.63, 3.8) is 0 Å². The van der Waals surface area contributed by atoms with Crippen molar-refractivity contribution >= 4 is 21.6 Å². The Bertz CT molecular complexity index is 597. The third-order valence-corrected chi connectivity index (χ3v) is 4.44. The first-order valence-electron chi connectivity index (χ1n) is 6.54. The van der Waals surface area contributed by atoms with Crippen LogP contribution in [-0.4, -0.2) is 18.2 Å². The second-order valence-electron chi connectivity index (χ2n) is 4.89. The van der Waals surface area contributed by atoms with Crippen LogP contribution < -0.4 is 4.90 Å². The number of phenolic OH excluding ortho intramolecular Hbond substituents is 1. The summed E-state index contributed by atoms with van der Waals surface area (Å²) >= 11 is 3.60. The normalized spacial score (nSPS) is 13.6. The monoisotopic (exact) mass is 317 g/mol. The van der Waals surface area contributed by atoms with Crippen LogP contribution in [0.5, 0.6) is 5.75 Å². The molecule has 2 aromatic carbocycles. The van der Waals surface area contributed by atoms with E-state index in [1.165, 1.54) is 21.3 Å². The minimum Gasteiger partial charge on any atom is -0.508 e.